The zero-order chi connectivity index (χ0) is 24.4. The van der Waals surface area contributed by atoms with Crippen LogP contribution in [0.15, 0.2) is 60.9 Å². The molecule has 9 heteroatoms. The van der Waals surface area contributed by atoms with E-state index in [4.69, 9.17) is 10.1 Å². The van der Waals surface area contributed by atoms with Crippen molar-refractivity contribution in [3.05, 3.63) is 77.7 Å². The van der Waals surface area contributed by atoms with E-state index >= 15 is 0 Å². The molecule has 3 aromatic rings. The van der Waals surface area contributed by atoms with Crippen LogP contribution in [-0.2, 0) is 4.74 Å². The molecule has 2 saturated heterocycles. The highest BCUT2D eigenvalue weighted by atomic mass is 16.5. The third-order valence-corrected chi connectivity index (χ3v) is 6.94. The van der Waals surface area contributed by atoms with Crippen molar-refractivity contribution in [3.63, 3.8) is 0 Å². The van der Waals surface area contributed by atoms with Gasteiger partial charge in [0, 0.05) is 41.8 Å². The number of pyridine rings is 2. The molecule has 2 fully saturated rings. The second-order valence-electron chi connectivity index (χ2n) is 9.18. The molecule has 0 saturated carbocycles. The fraction of sp³-hybridized carbons (Fsp3) is 0.308. The lowest BCUT2D eigenvalue weighted by Gasteiger charge is -2.47. The Labute approximate surface area is 204 Å². The summed E-state index contributed by atoms with van der Waals surface area (Å²) in [5.41, 5.74) is 3.99. The zero-order valence-electron chi connectivity index (χ0n) is 19.8. The van der Waals surface area contributed by atoms with Crippen molar-refractivity contribution >= 4 is 29.4 Å². The Bertz CT molecular complexity index is 1230. The van der Waals surface area contributed by atoms with Gasteiger partial charge in [0.25, 0.3) is 0 Å². The van der Waals surface area contributed by atoms with E-state index in [1.807, 2.05) is 37.3 Å². The van der Waals surface area contributed by atoms with E-state index < -0.39 is 0 Å². The van der Waals surface area contributed by atoms with E-state index in [0.717, 1.165) is 17.9 Å². The molecular weight excluding hydrogens is 442 g/mol. The molecule has 9 nitrogen and oxygen atoms in total. The molecule has 2 aromatic heterocycles. The number of nitrogens with zero attached hydrogens (tertiary/aromatic N) is 3. The molecule has 35 heavy (non-hydrogen) atoms. The van der Waals surface area contributed by atoms with Gasteiger partial charge in [-0.1, -0.05) is 30.3 Å². The predicted molar refractivity (Wildman–Crippen MR) is 136 cm³/mol. The van der Waals surface area contributed by atoms with Crippen LogP contribution in [0.3, 0.4) is 0 Å². The Balaban J connectivity index is 1.32. The van der Waals surface area contributed by atoms with Gasteiger partial charge < -0.3 is 20.8 Å². The lowest BCUT2D eigenvalue weighted by Crippen LogP contribution is -2.67. The third-order valence-electron chi connectivity index (χ3n) is 6.94. The van der Waals surface area contributed by atoms with Gasteiger partial charge in [-0.25, -0.2) is 9.78 Å². The monoisotopic (exact) mass is 471 g/mol. The minimum absolute atomic E-state index is 0.110. The summed E-state index contributed by atoms with van der Waals surface area (Å²) in [4.78, 5) is 24.0. The number of urea groups is 1. The number of amides is 2. The molecular formula is C26H29N7O2. The molecule has 1 aromatic carbocycles. The van der Waals surface area contributed by atoms with Gasteiger partial charge in [-0.3, -0.25) is 15.2 Å². The summed E-state index contributed by atoms with van der Waals surface area (Å²) in [6.07, 6.45) is 4.57. The normalized spacial score (nSPS) is 20.7. The Morgan fingerprint density at radius 3 is 2.69 bits per heavy atom. The van der Waals surface area contributed by atoms with Crippen LogP contribution >= 0.6 is 0 Å². The number of likely N-dealkylation sites (N-methyl/N-ethyl adjacent to an activating group) is 1. The number of aryl methyl sites for hydroxylation is 1. The van der Waals surface area contributed by atoms with E-state index in [2.05, 4.69) is 50.0 Å². The van der Waals surface area contributed by atoms with Crippen LogP contribution < -0.4 is 16.0 Å². The van der Waals surface area contributed by atoms with Crippen molar-refractivity contribution < 1.29 is 9.53 Å². The van der Waals surface area contributed by atoms with Gasteiger partial charge >= 0.3 is 6.03 Å². The molecule has 0 unspecified atom stereocenters. The predicted octanol–water partition coefficient (Wildman–Crippen LogP) is 3.51. The smallest absolute Gasteiger partial charge is 0.320 e. The minimum atomic E-state index is -0.327. The number of anilines is 3. The number of aromatic nitrogens is 2. The molecule has 2 aliphatic rings. The number of likely N-dealkylation sites (tertiary alicyclic amines) is 1. The maximum Gasteiger partial charge on any atom is 0.320 e. The number of benzene rings is 1. The number of hydrogen-bond donors (Lipinski definition) is 4. The summed E-state index contributed by atoms with van der Waals surface area (Å²) >= 11 is 0. The summed E-state index contributed by atoms with van der Waals surface area (Å²) in [5, 5.41) is 17.1. The maximum absolute atomic E-state index is 13.1. The summed E-state index contributed by atoms with van der Waals surface area (Å²) in [7, 11) is 2.09. The summed E-state index contributed by atoms with van der Waals surface area (Å²) in [6, 6.07) is 15.3. The standard InChI is InChI=1S/C26H29N7O2/c1-17-10-20(8-9-28-17)30-22-13-29-23(11-19(22)12-27)31-25(34)32-24-21(18-6-4-3-5-7-18)14-33(2)26(24)15-35-16-26/h3-13,21,24,27H,14-16H2,1-2H3,(H,28,30)(H2,29,31,32,34)/t21-,24-/m0/s1. The molecule has 0 aliphatic carbocycles. The largest absolute Gasteiger partial charge is 0.377 e. The van der Waals surface area contributed by atoms with E-state index in [9.17, 15) is 4.79 Å². The number of nitrogens with one attached hydrogen (secondary N) is 4. The van der Waals surface area contributed by atoms with Crippen molar-refractivity contribution in [1.82, 2.24) is 20.2 Å². The van der Waals surface area contributed by atoms with Crippen LogP contribution in [0, 0.1) is 12.3 Å². The number of rotatable bonds is 6. The van der Waals surface area contributed by atoms with Crippen molar-refractivity contribution in [2.75, 3.05) is 37.4 Å². The third kappa shape index (κ3) is 4.48. The highest BCUT2D eigenvalue weighted by molar-refractivity contribution is 5.92. The van der Waals surface area contributed by atoms with Crippen LogP contribution in [0.5, 0.6) is 0 Å². The highest BCUT2D eigenvalue weighted by Gasteiger charge is 2.57. The first-order valence-corrected chi connectivity index (χ1v) is 11.6. The quantitative estimate of drug-likeness (QED) is 0.409. The first-order chi connectivity index (χ1) is 17.0. The van der Waals surface area contributed by atoms with Gasteiger partial charge in [0.2, 0.25) is 0 Å². The summed E-state index contributed by atoms with van der Waals surface area (Å²) in [6.45, 7) is 3.92. The molecule has 1 spiro atoms. The molecule has 4 N–H and O–H groups in total. The second-order valence-corrected chi connectivity index (χ2v) is 9.18. The Morgan fingerprint density at radius 2 is 2.00 bits per heavy atom. The Kier molecular flexibility index (Phi) is 6.19. The number of carbonyl (C=O) groups is 1. The fourth-order valence-corrected chi connectivity index (χ4v) is 4.97. The average Bonchev–Trinajstić information content (AvgIpc) is 3.12. The van der Waals surface area contributed by atoms with Crippen LogP contribution in [0.2, 0.25) is 0 Å². The van der Waals surface area contributed by atoms with Gasteiger partial charge in [-0.15, -0.1) is 0 Å². The average molecular weight is 472 g/mol. The van der Waals surface area contributed by atoms with Gasteiger partial charge in [0.1, 0.15) is 5.82 Å². The SMILES string of the molecule is Cc1cc(Nc2cnc(NC(=O)N[C@H]3[C@H](c4ccccc4)CN(C)C34COC4)cc2C=N)ccn1. The van der Waals surface area contributed by atoms with Gasteiger partial charge in [-0.05, 0) is 37.7 Å². The van der Waals surface area contributed by atoms with Crippen molar-refractivity contribution in [3.8, 4) is 0 Å². The van der Waals surface area contributed by atoms with Crippen molar-refractivity contribution in [2.24, 2.45) is 0 Å². The Hall–Kier alpha value is -3.82. The second kappa shape index (κ2) is 9.44. The first-order valence-electron chi connectivity index (χ1n) is 11.6. The summed E-state index contributed by atoms with van der Waals surface area (Å²) < 4.78 is 5.58. The molecule has 180 valence electrons. The summed E-state index contributed by atoms with van der Waals surface area (Å²) in [5.74, 6) is 0.523. The molecule has 2 amide bonds. The molecule has 5 rings (SSSR count). The minimum Gasteiger partial charge on any atom is -0.377 e. The van der Waals surface area contributed by atoms with E-state index in [-0.39, 0.29) is 23.5 Å². The van der Waals surface area contributed by atoms with Gasteiger partial charge in [0.15, 0.2) is 0 Å². The van der Waals surface area contributed by atoms with Crippen molar-refractivity contribution in [1.29, 1.82) is 5.41 Å². The number of carbonyl (C=O) groups excluding carboxylic acids is 1. The van der Waals surface area contributed by atoms with Crippen LogP contribution in [-0.4, -0.2) is 65.5 Å². The lowest BCUT2D eigenvalue weighted by molar-refractivity contribution is -0.124. The molecule has 2 aliphatic heterocycles. The fourth-order valence-electron chi connectivity index (χ4n) is 4.97. The first kappa shape index (κ1) is 22.9. The highest BCUT2D eigenvalue weighted by Crippen LogP contribution is 2.42. The van der Waals surface area contributed by atoms with Crippen LogP contribution in [0.25, 0.3) is 0 Å². The molecule has 0 bridgehead atoms. The van der Waals surface area contributed by atoms with Gasteiger partial charge in [0.05, 0.1) is 36.7 Å². The topological polar surface area (TPSA) is 115 Å². The van der Waals surface area contributed by atoms with Crippen molar-refractivity contribution in [2.45, 2.75) is 24.4 Å². The van der Waals surface area contributed by atoms with Crippen LogP contribution in [0.4, 0.5) is 22.0 Å². The van der Waals surface area contributed by atoms with Gasteiger partial charge in [-0.2, -0.15) is 0 Å². The molecule has 4 heterocycles. The van der Waals surface area contributed by atoms with E-state index in [1.54, 1.807) is 18.5 Å². The lowest BCUT2D eigenvalue weighted by atomic mass is 9.81. The zero-order valence-corrected chi connectivity index (χ0v) is 19.8. The van der Waals surface area contributed by atoms with E-state index in [1.165, 1.54) is 11.8 Å². The van der Waals surface area contributed by atoms with Crippen LogP contribution in [0.1, 0.15) is 22.7 Å². The molecule has 2 atom stereocenters. The number of hydrogen-bond acceptors (Lipinski definition) is 7. The Morgan fingerprint density at radius 1 is 1.20 bits per heavy atom. The maximum atomic E-state index is 13.1. The molecule has 0 radical (unpaired) electrons. The van der Waals surface area contributed by atoms with E-state index in [0.29, 0.717) is 30.3 Å². The number of ether oxygens (including phenoxy) is 1.